The summed E-state index contributed by atoms with van der Waals surface area (Å²) in [6, 6.07) is 1.36. The summed E-state index contributed by atoms with van der Waals surface area (Å²) in [4.78, 5) is 22.1. The van der Waals surface area contributed by atoms with E-state index in [0.29, 0.717) is 0 Å². The summed E-state index contributed by atoms with van der Waals surface area (Å²) in [6.07, 6.45) is -0.242. The van der Waals surface area contributed by atoms with Crippen molar-refractivity contribution >= 4 is 11.9 Å². The molecule has 7 heteroatoms. The van der Waals surface area contributed by atoms with Gasteiger partial charge in [-0.15, -0.1) is 0 Å². The normalized spacial score (nSPS) is 13.6. The first-order chi connectivity index (χ1) is 9.31. The molecule has 20 heavy (non-hydrogen) atoms. The van der Waals surface area contributed by atoms with Crippen LogP contribution < -0.4 is 11.1 Å². The molecule has 0 saturated heterocycles. The third-order valence-electron chi connectivity index (χ3n) is 2.79. The molecule has 110 valence electrons. The van der Waals surface area contributed by atoms with Gasteiger partial charge in [0.05, 0.1) is 12.1 Å². The van der Waals surface area contributed by atoms with Crippen molar-refractivity contribution in [3.8, 4) is 0 Å². The van der Waals surface area contributed by atoms with E-state index in [2.05, 4.69) is 5.32 Å². The molecule has 2 atom stereocenters. The van der Waals surface area contributed by atoms with Crippen LogP contribution in [0.2, 0.25) is 0 Å². The molecular weight excluding hydrogens is 270 g/mol. The van der Waals surface area contributed by atoms with Gasteiger partial charge in [0.2, 0.25) is 5.91 Å². The molecule has 0 saturated carbocycles. The van der Waals surface area contributed by atoms with Crippen molar-refractivity contribution in [2.24, 2.45) is 5.73 Å². The number of hydrogen-bond acceptors (Lipinski definition) is 3. The number of benzene rings is 1. The number of aliphatic carboxylic acids is 1. The highest BCUT2D eigenvalue weighted by atomic mass is 19.1. The summed E-state index contributed by atoms with van der Waals surface area (Å²) in [7, 11) is 0. The molecule has 1 rings (SSSR count). The Kier molecular flexibility index (Phi) is 5.57. The maximum Gasteiger partial charge on any atom is 0.303 e. The van der Waals surface area contributed by atoms with Gasteiger partial charge in [0.25, 0.3) is 0 Å². The van der Waals surface area contributed by atoms with Crippen LogP contribution in [-0.2, 0) is 9.59 Å². The van der Waals surface area contributed by atoms with Crippen LogP contribution in [0.15, 0.2) is 18.2 Å². The molecule has 0 radical (unpaired) electrons. The third kappa shape index (κ3) is 4.58. The largest absolute Gasteiger partial charge is 0.481 e. The van der Waals surface area contributed by atoms with Crippen LogP contribution in [0.3, 0.4) is 0 Å². The van der Waals surface area contributed by atoms with E-state index in [1.165, 1.54) is 13.0 Å². The molecule has 1 aromatic carbocycles. The highest BCUT2D eigenvalue weighted by molar-refractivity contribution is 5.82. The first-order valence-electron chi connectivity index (χ1n) is 6.04. The predicted octanol–water partition coefficient (Wildman–Crippen LogP) is 1.33. The zero-order valence-electron chi connectivity index (χ0n) is 10.9. The Morgan fingerprint density at radius 1 is 1.40 bits per heavy atom. The van der Waals surface area contributed by atoms with Gasteiger partial charge in [-0.05, 0) is 19.4 Å². The van der Waals surface area contributed by atoms with Crippen LogP contribution in [-0.4, -0.2) is 23.0 Å². The summed E-state index contributed by atoms with van der Waals surface area (Å²) in [6.45, 7) is 1.53. The minimum absolute atomic E-state index is 0.0141. The van der Waals surface area contributed by atoms with E-state index in [1.54, 1.807) is 0 Å². The minimum Gasteiger partial charge on any atom is -0.481 e. The molecule has 5 nitrogen and oxygen atoms in total. The maximum atomic E-state index is 13.5. The Hall–Kier alpha value is -2.02. The zero-order valence-corrected chi connectivity index (χ0v) is 10.9. The van der Waals surface area contributed by atoms with E-state index in [-0.39, 0.29) is 18.4 Å². The van der Waals surface area contributed by atoms with E-state index in [0.717, 1.165) is 12.1 Å². The number of nitrogens with two attached hydrogens (primary N) is 1. The highest BCUT2D eigenvalue weighted by Crippen LogP contribution is 2.17. The summed E-state index contributed by atoms with van der Waals surface area (Å²) in [5.74, 6) is -3.10. The topological polar surface area (TPSA) is 92.4 Å². The van der Waals surface area contributed by atoms with E-state index in [9.17, 15) is 18.4 Å². The number of carbonyl (C=O) groups is 2. The second-order valence-corrected chi connectivity index (χ2v) is 4.44. The van der Waals surface area contributed by atoms with Gasteiger partial charge in [-0.1, -0.05) is 6.07 Å². The monoisotopic (exact) mass is 286 g/mol. The summed E-state index contributed by atoms with van der Waals surface area (Å²) in [5.41, 5.74) is 5.65. The average molecular weight is 286 g/mol. The van der Waals surface area contributed by atoms with E-state index in [1.807, 2.05) is 0 Å². The summed E-state index contributed by atoms with van der Waals surface area (Å²) in [5, 5.41) is 11.0. The van der Waals surface area contributed by atoms with Gasteiger partial charge >= 0.3 is 5.97 Å². The Morgan fingerprint density at radius 3 is 2.60 bits per heavy atom. The molecule has 0 heterocycles. The van der Waals surface area contributed by atoms with Crippen molar-refractivity contribution < 1.29 is 23.5 Å². The second kappa shape index (κ2) is 6.95. The van der Waals surface area contributed by atoms with Crippen molar-refractivity contribution in [3.05, 3.63) is 35.4 Å². The smallest absolute Gasteiger partial charge is 0.303 e. The number of carboxylic acid groups (broad SMARTS) is 1. The lowest BCUT2D eigenvalue weighted by Crippen LogP contribution is -2.42. The number of carboxylic acids is 1. The molecule has 0 aliphatic heterocycles. The number of rotatable bonds is 6. The Morgan fingerprint density at radius 2 is 2.05 bits per heavy atom. The molecule has 1 aromatic rings. The van der Waals surface area contributed by atoms with E-state index in [4.69, 9.17) is 10.8 Å². The van der Waals surface area contributed by atoms with Gasteiger partial charge in [0.15, 0.2) is 0 Å². The molecular formula is C13H16F2N2O3. The number of halogens is 2. The molecule has 0 aliphatic carbocycles. The fourth-order valence-corrected chi connectivity index (χ4v) is 1.66. The molecule has 2 unspecified atom stereocenters. The summed E-state index contributed by atoms with van der Waals surface area (Å²) >= 11 is 0. The third-order valence-corrected chi connectivity index (χ3v) is 2.79. The fraction of sp³-hybridized carbons (Fsp3) is 0.385. The number of carbonyl (C=O) groups excluding carboxylic acids is 1. The van der Waals surface area contributed by atoms with Gasteiger partial charge in [-0.25, -0.2) is 8.78 Å². The molecule has 0 aliphatic rings. The number of hydrogen-bond donors (Lipinski definition) is 3. The van der Waals surface area contributed by atoms with Crippen molar-refractivity contribution in [1.29, 1.82) is 0 Å². The first-order valence-corrected chi connectivity index (χ1v) is 6.04. The lowest BCUT2D eigenvalue weighted by Gasteiger charge is -2.18. The Labute approximate surface area is 114 Å². The quantitative estimate of drug-likeness (QED) is 0.735. The minimum atomic E-state index is -1.05. The lowest BCUT2D eigenvalue weighted by molar-refractivity contribution is -0.137. The van der Waals surface area contributed by atoms with Gasteiger partial charge < -0.3 is 16.2 Å². The Balaban J connectivity index is 2.63. The molecule has 0 bridgehead atoms. The van der Waals surface area contributed by atoms with Gasteiger partial charge in [-0.2, -0.15) is 0 Å². The van der Waals surface area contributed by atoms with Crippen molar-refractivity contribution in [2.75, 3.05) is 0 Å². The number of amides is 1. The standard InChI is InChI=1S/C13H16F2N2O3/c1-7(9-3-2-8(14)6-10(9)15)17-13(20)11(16)4-5-12(18)19/h2-3,6-7,11H,4-5,16H2,1H3,(H,17,20)(H,18,19). The first kappa shape index (κ1) is 16.0. The van der Waals surface area contributed by atoms with Crippen LogP contribution in [0.5, 0.6) is 0 Å². The van der Waals surface area contributed by atoms with Crippen molar-refractivity contribution in [1.82, 2.24) is 5.32 Å². The average Bonchev–Trinajstić information content (AvgIpc) is 2.35. The number of nitrogens with one attached hydrogen (secondary N) is 1. The zero-order chi connectivity index (χ0) is 15.3. The predicted molar refractivity (Wildman–Crippen MR) is 67.8 cm³/mol. The Bertz CT molecular complexity index is 508. The molecule has 0 fully saturated rings. The molecule has 1 amide bonds. The summed E-state index contributed by atoms with van der Waals surface area (Å²) < 4.78 is 26.3. The SMILES string of the molecule is CC(NC(=O)C(N)CCC(=O)O)c1ccc(F)cc1F. The van der Waals surface area contributed by atoms with E-state index >= 15 is 0 Å². The molecule has 0 spiro atoms. The maximum absolute atomic E-state index is 13.5. The van der Waals surface area contributed by atoms with Crippen LogP contribution >= 0.6 is 0 Å². The van der Waals surface area contributed by atoms with Gasteiger partial charge in [-0.3, -0.25) is 9.59 Å². The van der Waals surface area contributed by atoms with E-state index < -0.39 is 35.6 Å². The lowest BCUT2D eigenvalue weighted by atomic mass is 10.1. The van der Waals surface area contributed by atoms with Crippen LogP contribution in [0.1, 0.15) is 31.4 Å². The molecule has 0 aromatic heterocycles. The van der Waals surface area contributed by atoms with Crippen LogP contribution in [0, 0.1) is 11.6 Å². The van der Waals surface area contributed by atoms with Gasteiger partial charge in [0.1, 0.15) is 11.6 Å². The second-order valence-electron chi connectivity index (χ2n) is 4.44. The van der Waals surface area contributed by atoms with Crippen LogP contribution in [0.4, 0.5) is 8.78 Å². The fourth-order valence-electron chi connectivity index (χ4n) is 1.66. The van der Waals surface area contributed by atoms with Gasteiger partial charge in [0, 0.05) is 18.1 Å². The van der Waals surface area contributed by atoms with Crippen molar-refractivity contribution in [3.63, 3.8) is 0 Å². The van der Waals surface area contributed by atoms with Crippen molar-refractivity contribution in [2.45, 2.75) is 31.8 Å². The van der Waals surface area contributed by atoms with Crippen LogP contribution in [0.25, 0.3) is 0 Å². The highest BCUT2D eigenvalue weighted by Gasteiger charge is 2.19. The molecule has 4 N–H and O–H groups in total.